The molecule has 0 aliphatic heterocycles. The second-order valence-corrected chi connectivity index (χ2v) is 3.42. The van der Waals surface area contributed by atoms with E-state index in [9.17, 15) is 4.79 Å². The molecular weight excluding hydrogens is 204 g/mol. The highest BCUT2D eigenvalue weighted by molar-refractivity contribution is 5.92. The molecule has 1 aromatic heterocycles. The van der Waals surface area contributed by atoms with Crippen molar-refractivity contribution in [3.8, 4) is 5.69 Å². The first-order chi connectivity index (χ1) is 7.74. The van der Waals surface area contributed by atoms with E-state index in [1.165, 1.54) is 0 Å². The Kier molecular flexibility index (Phi) is 2.72. The monoisotopic (exact) mass is 216 g/mol. The molecule has 4 heteroatoms. The summed E-state index contributed by atoms with van der Waals surface area (Å²) in [5, 5.41) is 13.2. The van der Waals surface area contributed by atoms with E-state index in [0.717, 1.165) is 12.0 Å². The van der Waals surface area contributed by atoms with E-state index in [4.69, 9.17) is 5.11 Å². The number of hydrogen-bond donors (Lipinski definition) is 1. The van der Waals surface area contributed by atoms with Crippen molar-refractivity contribution in [3.63, 3.8) is 0 Å². The van der Waals surface area contributed by atoms with Crippen LogP contribution in [0.15, 0.2) is 36.7 Å². The van der Waals surface area contributed by atoms with Crippen LogP contribution in [0.2, 0.25) is 0 Å². The number of carbonyl (C=O) groups is 1. The van der Waals surface area contributed by atoms with E-state index >= 15 is 0 Å². The number of para-hydroxylation sites is 1. The van der Waals surface area contributed by atoms with Crippen molar-refractivity contribution in [3.05, 3.63) is 47.8 Å². The fraction of sp³-hybridized carbons (Fsp3) is 0.167. The molecule has 0 bridgehead atoms. The van der Waals surface area contributed by atoms with Crippen molar-refractivity contribution in [2.75, 3.05) is 0 Å². The van der Waals surface area contributed by atoms with E-state index in [1.54, 1.807) is 35.3 Å². The van der Waals surface area contributed by atoms with Crippen molar-refractivity contribution in [2.45, 2.75) is 13.3 Å². The van der Waals surface area contributed by atoms with Gasteiger partial charge >= 0.3 is 5.97 Å². The number of aromatic nitrogens is 2. The van der Waals surface area contributed by atoms with Crippen molar-refractivity contribution < 1.29 is 9.90 Å². The first-order valence-corrected chi connectivity index (χ1v) is 5.09. The predicted octanol–water partition coefficient (Wildman–Crippen LogP) is 2.13. The van der Waals surface area contributed by atoms with Crippen LogP contribution in [0, 0.1) is 0 Å². The summed E-state index contributed by atoms with van der Waals surface area (Å²) in [6.45, 7) is 1.99. The summed E-state index contributed by atoms with van der Waals surface area (Å²) >= 11 is 0. The second kappa shape index (κ2) is 4.18. The normalized spacial score (nSPS) is 10.3. The van der Waals surface area contributed by atoms with Gasteiger partial charge in [-0.05, 0) is 24.1 Å². The van der Waals surface area contributed by atoms with Crippen LogP contribution in [0.3, 0.4) is 0 Å². The zero-order valence-electron chi connectivity index (χ0n) is 8.92. The first kappa shape index (κ1) is 10.4. The van der Waals surface area contributed by atoms with Crippen LogP contribution in [0.25, 0.3) is 5.69 Å². The number of carboxylic acids is 1. The van der Waals surface area contributed by atoms with Gasteiger partial charge in [0.15, 0.2) is 0 Å². The quantitative estimate of drug-likeness (QED) is 0.855. The van der Waals surface area contributed by atoms with Crippen molar-refractivity contribution >= 4 is 5.97 Å². The molecule has 0 unspecified atom stereocenters. The smallest absolute Gasteiger partial charge is 0.337 e. The summed E-state index contributed by atoms with van der Waals surface area (Å²) < 4.78 is 1.60. The third kappa shape index (κ3) is 1.69. The molecule has 0 amide bonds. The Labute approximate surface area is 93.1 Å². The van der Waals surface area contributed by atoms with E-state index in [0.29, 0.717) is 5.69 Å². The molecule has 16 heavy (non-hydrogen) atoms. The molecule has 0 spiro atoms. The Bertz CT molecular complexity index is 504. The fourth-order valence-electron chi connectivity index (χ4n) is 1.72. The van der Waals surface area contributed by atoms with Crippen LogP contribution in [0.4, 0.5) is 0 Å². The molecule has 1 N–H and O–H groups in total. The third-order valence-electron chi connectivity index (χ3n) is 2.46. The zero-order chi connectivity index (χ0) is 11.5. The third-order valence-corrected chi connectivity index (χ3v) is 2.46. The van der Waals surface area contributed by atoms with Crippen LogP contribution in [-0.2, 0) is 6.42 Å². The Hall–Kier alpha value is -2.10. The molecule has 0 aliphatic carbocycles. The maximum atomic E-state index is 11.1. The van der Waals surface area contributed by atoms with E-state index < -0.39 is 5.97 Å². The first-order valence-electron chi connectivity index (χ1n) is 5.09. The lowest BCUT2D eigenvalue weighted by Crippen LogP contribution is -2.08. The lowest BCUT2D eigenvalue weighted by molar-refractivity contribution is 0.0696. The number of benzene rings is 1. The molecule has 0 radical (unpaired) electrons. The van der Waals surface area contributed by atoms with E-state index in [-0.39, 0.29) is 5.56 Å². The van der Waals surface area contributed by atoms with Crippen LogP contribution in [0.1, 0.15) is 22.8 Å². The van der Waals surface area contributed by atoms with Gasteiger partial charge in [-0.15, -0.1) is 0 Å². The van der Waals surface area contributed by atoms with Gasteiger partial charge in [0.25, 0.3) is 0 Å². The molecule has 2 aromatic rings. The highest BCUT2D eigenvalue weighted by atomic mass is 16.4. The van der Waals surface area contributed by atoms with Gasteiger partial charge in [-0.25, -0.2) is 9.48 Å². The second-order valence-electron chi connectivity index (χ2n) is 3.42. The molecule has 0 saturated carbocycles. The SMILES string of the molecule is CCc1cccc(C(=O)O)c1-n1cccn1. The lowest BCUT2D eigenvalue weighted by atomic mass is 10.1. The van der Waals surface area contributed by atoms with E-state index in [1.807, 2.05) is 13.0 Å². The molecule has 4 nitrogen and oxygen atoms in total. The summed E-state index contributed by atoms with van der Waals surface area (Å²) in [4.78, 5) is 11.1. The van der Waals surface area contributed by atoms with E-state index in [2.05, 4.69) is 5.10 Å². The Balaban J connectivity index is 2.68. The van der Waals surface area contributed by atoms with Crippen molar-refractivity contribution in [2.24, 2.45) is 0 Å². The summed E-state index contributed by atoms with van der Waals surface area (Å²) in [6.07, 6.45) is 4.16. The average molecular weight is 216 g/mol. The Morgan fingerprint density at radius 1 is 1.44 bits per heavy atom. The minimum absolute atomic E-state index is 0.281. The van der Waals surface area contributed by atoms with Gasteiger partial charge in [-0.3, -0.25) is 0 Å². The van der Waals surface area contributed by atoms with Gasteiger partial charge in [0.05, 0.1) is 11.3 Å². The number of nitrogens with zero attached hydrogens (tertiary/aromatic N) is 2. The van der Waals surface area contributed by atoms with Gasteiger partial charge in [-0.1, -0.05) is 19.1 Å². The number of hydrogen-bond acceptors (Lipinski definition) is 2. The molecule has 82 valence electrons. The summed E-state index contributed by atoms with van der Waals surface area (Å²) in [5.74, 6) is -0.930. The maximum Gasteiger partial charge on any atom is 0.337 e. The van der Waals surface area contributed by atoms with Gasteiger partial charge in [-0.2, -0.15) is 5.10 Å². The number of aromatic carboxylic acids is 1. The van der Waals surface area contributed by atoms with Crippen LogP contribution < -0.4 is 0 Å². The van der Waals surface area contributed by atoms with Crippen molar-refractivity contribution in [1.82, 2.24) is 9.78 Å². The number of carboxylic acid groups (broad SMARTS) is 1. The zero-order valence-corrected chi connectivity index (χ0v) is 8.92. The molecule has 0 saturated heterocycles. The topological polar surface area (TPSA) is 55.1 Å². The summed E-state index contributed by atoms with van der Waals surface area (Å²) in [6, 6.07) is 7.05. The molecule has 0 atom stereocenters. The highest BCUT2D eigenvalue weighted by Gasteiger charge is 2.14. The van der Waals surface area contributed by atoms with Gasteiger partial charge in [0.2, 0.25) is 0 Å². The number of aryl methyl sites for hydroxylation is 1. The van der Waals surface area contributed by atoms with Gasteiger partial charge in [0.1, 0.15) is 0 Å². The Morgan fingerprint density at radius 3 is 2.81 bits per heavy atom. The minimum Gasteiger partial charge on any atom is -0.478 e. The molecule has 0 aliphatic rings. The average Bonchev–Trinajstić information content (AvgIpc) is 2.81. The lowest BCUT2D eigenvalue weighted by Gasteiger charge is -2.10. The van der Waals surface area contributed by atoms with Crippen molar-refractivity contribution in [1.29, 1.82) is 0 Å². The molecular formula is C12H12N2O2. The van der Waals surface area contributed by atoms with Crippen LogP contribution in [-0.4, -0.2) is 20.9 Å². The largest absolute Gasteiger partial charge is 0.478 e. The maximum absolute atomic E-state index is 11.1. The number of rotatable bonds is 3. The summed E-state index contributed by atoms with van der Waals surface area (Å²) in [5.41, 5.74) is 1.91. The Morgan fingerprint density at radius 2 is 2.25 bits per heavy atom. The minimum atomic E-state index is -0.930. The molecule has 2 rings (SSSR count). The highest BCUT2D eigenvalue weighted by Crippen LogP contribution is 2.19. The predicted molar refractivity (Wildman–Crippen MR) is 59.9 cm³/mol. The fourth-order valence-corrected chi connectivity index (χ4v) is 1.72. The van der Waals surface area contributed by atoms with Crippen LogP contribution >= 0.6 is 0 Å². The summed E-state index contributed by atoms with van der Waals surface area (Å²) in [7, 11) is 0. The molecule has 0 fully saturated rings. The van der Waals surface area contributed by atoms with Gasteiger partial charge in [0, 0.05) is 12.4 Å². The van der Waals surface area contributed by atoms with Crippen LogP contribution in [0.5, 0.6) is 0 Å². The molecule has 1 aromatic carbocycles. The molecule has 1 heterocycles. The van der Waals surface area contributed by atoms with Gasteiger partial charge < -0.3 is 5.11 Å². The standard InChI is InChI=1S/C12H12N2O2/c1-2-9-5-3-6-10(12(15)16)11(9)14-8-4-7-13-14/h3-8H,2H2,1H3,(H,15,16).